The maximum absolute atomic E-state index is 12.4. The molecule has 2 heterocycles. The summed E-state index contributed by atoms with van der Waals surface area (Å²) < 4.78 is 0. The summed E-state index contributed by atoms with van der Waals surface area (Å²) in [6, 6.07) is 0.193. The summed E-state index contributed by atoms with van der Waals surface area (Å²) in [5, 5.41) is 15.9. The minimum atomic E-state index is -0.923. The normalized spacial score (nSPS) is 24.0. The summed E-state index contributed by atoms with van der Waals surface area (Å²) in [7, 11) is 0. The summed E-state index contributed by atoms with van der Waals surface area (Å²) in [5.41, 5.74) is 0.732. The number of carbonyl (C=O) groups is 2. The fourth-order valence-electron chi connectivity index (χ4n) is 2.99. The SMILES string of the molecule is CCc1[nH]c(C(=O)N[C@H]2CCN(C(=O)O)C[C@@H]2NC2CC2)nc1Cl. The predicted octanol–water partition coefficient (Wildman–Crippen LogP) is 1.23. The number of nitrogens with zero attached hydrogens (tertiary/aromatic N) is 2. The maximum Gasteiger partial charge on any atom is 0.407 e. The Hall–Kier alpha value is -1.80. The number of halogens is 1. The van der Waals surface area contributed by atoms with E-state index in [4.69, 9.17) is 11.6 Å². The van der Waals surface area contributed by atoms with Gasteiger partial charge in [-0.3, -0.25) is 4.79 Å². The molecule has 1 aromatic heterocycles. The zero-order valence-corrected chi connectivity index (χ0v) is 14.3. The molecule has 132 valence electrons. The Balaban J connectivity index is 1.66. The Kier molecular flexibility index (Phi) is 4.96. The van der Waals surface area contributed by atoms with Gasteiger partial charge in [0.25, 0.3) is 5.91 Å². The van der Waals surface area contributed by atoms with Crippen LogP contribution in [0.25, 0.3) is 0 Å². The lowest BCUT2D eigenvalue weighted by Gasteiger charge is -2.38. The maximum atomic E-state index is 12.4. The van der Waals surface area contributed by atoms with E-state index >= 15 is 0 Å². The van der Waals surface area contributed by atoms with Crippen molar-refractivity contribution < 1.29 is 14.7 Å². The highest BCUT2D eigenvalue weighted by atomic mass is 35.5. The number of H-pyrrole nitrogens is 1. The summed E-state index contributed by atoms with van der Waals surface area (Å²) in [6.45, 7) is 2.70. The average Bonchev–Trinajstić information content (AvgIpc) is 3.28. The van der Waals surface area contributed by atoms with Gasteiger partial charge in [0.1, 0.15) is 0 Å². The number of imidazole rings is 1. The van der Waals surface area contributed by atoms with Gasteiger partial charge >= 0.3 is 6.09 Å². The molecule has 0 aromatic carbocycles. The van der Waals surface area contributed by atoms with E-state index < -0.39 is 6.09 Å². The number of rotatable bonds is 5. The van der Waals surface area contributed by atoms with Crippen LogP contribution in [0, 0.1) is 0 Å². The van der Waals surface area contributed by atoms with Gasteiger partial charge in [-0.1, -0.05) is 18.5 Å². The van der Waals surface area contributed by atoms with Crippen LogP contribution in [-0.4, -0.2) is 63.2 Å². The first-order valence-electron chi connectivity index (χ1n) is 8.27. The van der Waals surface area contributed by atoms with Crippen molar-refractivity contribution in [2.24, 2.45) is 0 Å². The molecule has 1 saturated carbocycles. The third-order valence-corrected chi connectivity index (χ3v) is 4.84. The van der Waals surface area contributed by atoms with Crippen molar-refractivity contribution in [2.75, 3.05) is 13.1 Å². The highest BCUT2D eigenvalue weighted by Gasteiger charge is 2.36. The van der Waals surface area contributed by atoms with Crippen LogP contribution < -0.4 is 10.6 Å². The van der Waals surface area contributed by atoms with E-state index in [-0.39, 0.29) is 23.8 Å². The lowest BCUT2D eigenvalue weighted by molar-refractivity contribution is 0.0861. The van der Waals surface area contributed by atoms with E-state index in [0.29, 0.717) is 37.1 Å². The molecular weight excluding hydrogens is 334 g/mol. The van der Waals surface area contributed by atoms with Crippen molar-refractivity contribution in [2.45, 2.75) is 50.7 Å². The van der Waals surface area contributed by atoms with Crippen LogP contribution in [0.5, 0.6) is 0 Å². The van der Waals surface area contributed by atoms with E-state index in [1.165, 1.54) is 4.90 Å². The first kappa shape index (κ1) is 17.0. The molecule has 4 N–H and O–H groups in total. The van der Waals surface area contributed by atoms with Crippen LogP contribution in [0.2, 0.25) is 5.15 Å². The Labute approximate surface area is 145 Å². The number of hydrogen-bond acceptors (Lipinski definition) is 4. The van der Waals surface area contributed by atoms with Crippen LogP contribution in [0.3, 0.4) is 0 Å². The molecule has 24 heavy (non-hydrogen) atoms. The number of amides is 2. The predicted molar refractivity (Wildman–Crippen MR) is 88.4 cm³/mol. The molecule has 2 amide bonds. The molecule has 0 spiro atoms. The number of aromatic nitrogens is 2. The summed E-state index contributed by atoms with van der Waals surface area (Å²) >= 11 is 5.99. The fraction of sp³-hybridized carbons (Fsp3) is 0.667. The molecule has 0 radical (unpaired) electrons. The van der Waals surface area contributed by atoms with Gasteiger partial charge in [-0.15, -0.1) is 0 Å². The Bertz CT molecular complexity index is 631. The monoisotopic (exact) mass is 355 g/mol. The van der Waals surface area contributed by atoms with Crippen LogP contribution in [0.4, 0.5) is 4.79 Å². The van der Waals surface area contributed by atoms with Crippen molar-refractivity contribution in [3.8, 4) is 0 Å². The van der Waals surface area contributed by atoms with Gasteiger partial charge in [0.15, 0.2) is 11.0 Å². The first-order valence-corrected chi connectivity index (χ1v) is 8.65. The third-order valence-electron chi connectivity index (χ3n) is 4.52. The molecule has 3 rings (SSSR count). The molecule has 0 bridgehead atoms. The average molecular weight is 356 g/mol. The van der Waals surface area contributed by atoms with E-state index in [9.17, 15) is 14.7 Å². The van der Waals surface area contributed by atoms with Crippen LogP contribution in [0.15, 0.2) is 0 Å². The highest BCUT2D eigenvalue weighted by molar-refractivity contribution is 6.30. The summed E-state index contributed by atoms with van der Waals surface area (Å²) in [4.78, 5) is 32.0. The summed E-state index contributed by atoms with van der Waals surface area (Å²) in [5.74, 6) is -0.115. The zero-order chi connectivity index (χ0) is 17.3. The van der Waals surface area contributed by atoms with Crippen molar-refractivity contribution >= 4 is 23.6 Å². The van der Waals surface area contributed by atoms with E-state index in [1.807, 2.05) is 6.92 Å². The smallest absolute Gasteiger partial charge is 0.407 e. The minimum Gasteiger partial charge on any atom is -0.465 e. The number of carbonyl (C=O) groups excluding carboxylic acids is 1. The van der Waals surface area contributed by atoms with Gasteiger partial charge in [-0.2, -0.15) is 0 Å². The van der Waals surface area contributed by atoms with Gasteiger partial charge in [0.05, 0.1) is 5.69 Å². The first-order chi connectivity index (χ1) is 11.5. The quantitative estimate of drug-likeness (QED) is 0.635. The van der Waals surface area contributed by atoms with Gasteiger partial charge in [0.2, 0.25) is 0 Å². The summed E-state index contributed by atoms with van der Waals surface area (Å²) in [6.07, 6.45) is 2.50. The number of hydrogen-bond donors (Lipinski definition) is 4. The van der Waals surface area contributed by atoms with E-state index in [0.717, 1.165) is 18.5 Å². The third kappa shape index (κ3) is 3.81. The van der Waals surface area contributed by atoms with Crippen LogP contribution in [-0.2, 0) is 6.42 Å². The van der Waals surface area contributed by atoms with Crippen molar-refractivity contribution in [3.63, 3.8) is 0 Å². The Morgan fingerprint density at radius 3 is 2.71 bits per heavy atom. The highest BCUT2D eigenvalue weighted by Crippen LogP contribution is 2.22. The second-order valence-corrected chi connectivity index (χ2v) is 6.71. The number of aromatic amines is 1. The molecule has 1 aliphatic carbocycles. The number of nitrogens with one attached hydrogen (secondary N) is 3. The molecule has 1 aliphatic heterocycles. The van der Waals surface area contributed by atoms with Crippen molar-refractivity contribution in [1.82, 2.24) is 25.5 Å². The zero-order valence-electron chi connectivity index (χ0n) is 13.5. The number of piperidine rings is 1. The lowest BCUT2D eigenvalue weighted by atomic mass is 9.99. The standard InChI is InChI=1S/C15H22ClN5O3/c1-2-9-12(16)20-13(18-9)14(22)19-10-5-6-21(15(23)24)7-11(10)17-8-3-4-8/h8,10-11,17H,2-7H2,1H3,(H,18,20)(H,19,22)(H,23,24)/t10-,11-/m0/s1. The molecule has 2 fully saturated rings. The van der Waals surface area contributed by atoms with Crippen molar-refractivity contribution in [3.05, 3.63) is 16.7 Å². The van der Waals surface area contributed by atoms with Gasteiger partial charge in [-0.05, 0) is 25.7 Å². The Morgan fingerprint density at radius 2 is 2.12 bits per heavy atom. The molecule has 2 aliphatic rings. The number of carboxylic acid groups (broad SMARTS) is 1. The lowest BCUT2D eigenvalue weighted by Crippen LogP contribution is -2.60. The molecule has 1 aromatic rings. The molecule has 2 atom stereocenters. The molecule has 0 unspecified atom stereocenters. The van der Waals surface area contributed by atoms with E-state index in [2.05, 4.69) is 20.6 Å². The van der Waals surface area contributed by atoms with Crippen molar-refractivity contribution in [1.29, 1.82) is 0 Å². The van der Waals surface area contributed by atoms with Gasteiger partial charge in [-0.25, -0.2) is 9.78 Å². The van der Waals surface area contributed by atoms with Crippen LogP contribution in [0.1, 0.15) is 42.5 Å². The minimum absolute atomic E-state index is 0.0950. The van der Waals surface area contributed by atoms with Crippen LogP contribution >= 0.6 is 11.6 Å². The second kappa shape index (κ2) is 6.98. The number of likely N-dealkylation sites (tertiary alicyclic amines) is 1. The molecular formula is C15H22ClN5O3. The molecule has 8 nitrogen and oxygen atoms in total. The Morgan fingerprint density at radius 1 is 1.38 bits per heavy atom. The van der Waals surface area contributed by atoms with Gasteiger partial charge < -0.3 is 25.6 Å². The molecule has 1 saturated heterocycles. The molecule has 9 heteroatoms. The number of aryl methyl sites for hydroxylation is 1. The van der Waals surface area contributed by atoms with Gasteiger partial charge in [0, 0.05) is 31.2 Å². The fourth-order valence-corrected chi connectivity index (χ4v) is 3.25. The topological polar surface area (TPSA) is 110 Å². The largest absolute Gasteiger partial charge is 0.465 e. The second-order valence-electron chi connectivity index (χ2n) is 6.35. The van der Waals surface area contributed by atoms with E-state index in [1.54, 1.807) is 0 Å².